The molecule has 5 aromatic rings. The second-order valence-electron chi connectivity index (χ2n) is 12.8. The average Bonchev–Trinajstić information content (AvgIpc) is 3.66. The lowest BCUT2D eigenvalue weighted by atomic mass is 10.0. The molecule has 4 aromatic carbocycles. The highest BCUT2D eigenvalue weighted by molar-refractivity contribution is 7.86. The molecule has 0 bridgehead atoms. The van der Waals surface area contributed by atoms with Gasteiger partial charge in [0.1, 0.15) is 0 Å². The lowest BCUT2D eigenvalue weighted by Crippen LogP contribution is -2.39. The van der Waals surface area contributed by atoms with Crippen molar-refractivity contribution in [1.29, 1.82) is 0 Å². The smallest absolute Gasteiger partial charge is 0.375 e. The van der Waals surface area contributed by atoms with Crippen LogP contribution in [0.1, 0.15) is 38.5 Å². The van der Waals surface area contributed by atoms with Crippen molar-refractivity contribution in [3.05, 3.63) is 120 Å². The van der Waals surface area contributed by atoms with E-state index in [4.69, 9.17) is 13.4 Å². The van der Waals surface area contributed by atoms with Crippen LogP contribution in [0.4, 0.5) is 5.69 Å². The number of anilines is 1. The van der Waals surface area contributed by atoms with Gasteiger partial charge in [0, 0.05) is 31.8 Å². The maximum atomic E-state index is 13.2. The van der Waals surface area contributed by atoms with Crippen LogP contribution >= 0.6 is 0 Å². The number of nitrogens with zero attached hydrogens (tertiary/aromatic N) is 3. The lowest BCUT2D eigenvalue weighted by Gasteiger charge is -2.25. The van der Waals surface area contributed by atoms with Gasteiger partial charge in [0.05, 0.1) is 17.5 Å². The zero-order valence-corrected chi connectivity index (χ0v) is 30.3. The summed E-state index contributed by atoms with van der Waals surface area (Å²) < 4.78 is 82.1. The van der Waals surface area contributed by atoms with Crippen LogP contribution in [-0.2, 0) is 30.4 Å². The van der Waals surface area contributed by atoms with Crippen molar-refractivity contribution in [2.24, 2.45) is 0 Å². The van der Waals surface area contributed by atoms with Crippen molar-refractivity contribution >= 4 is 43.1 Å². The van der Waals surface area contributed by atoms with E-state index in [0.29, 0.717) is 53.5 Å². The summed E-state index contributed by atoms with van der Waals surface area (Å²) in [4.78, 5) is 1.81. The van der Waals surface area contributed by atoms with Crippen molar-refractivity contribution in [3.8, 4) is 28.0 Å². The van der Waals surface area contributed by atoms with E-state index >= 15 is 0 Å². The lowest BCUT2D eigenvalue weighted by molar-refractivity contribution is -0.658. The average molecular weight is 742 g/mol. The van der Waals surface area contributed by atoms with Gasteiger partial charge in [0.15, 0.2) is 15.9 Å². The van der Waals surface area contributed by atoms with Gasteiger partial charge >= 0.3 is 5.89 Å². The molecule has 0 N–H and O–H groups in total. The number of piperidine rings is 1. The van der Waals surface area contributed by atoms with Crippen molar-refractivity contribution < 1.29 is 39.4 Å². The Balaban J connectivity index is 1.26. The summed E-state index contributed by atoms with van der Waals surface area (Å²) in [6.07, 6.45) is 6.73. The zero-order chi connectivity index (χ0) is 36.3. The second kappa shape index (κ2) is 15.1. The minimum Gasteiger partial charge on any atom is -0.743 e. The molecule has 11 nitrogen and oxygen atoms in total. The highest BCUT2D eigenvalue weighted by atomic mass is 32.2. The normalized spacial score (nSPS) is 16.4. The molecule has 0 unspecified atom stereocenters. The van der Waals surface area contributed by atoms with E-state index in [9.17, 15) is 21.4 Å². The van der Waals surface area contributed by atoms with Crippen LogP contribution in [0.2, 0.25) is 0 Å². The van der Waals surface area contributed by atoms with Crippen LogP contribution < -0.4 is 14.2 Å². The molecule has 0 spiro atoms. The van der Waals surface area contributed by atoms with Crippen LogP contribution in [0.3, 0.4) is 0 Å². The molecule has 2 aliphatic rings. The minimum atomic E-state index is -4.70. The van der Waals surface area contributed by atoms with Crippen LogP contribution in [0.25, 0.3) is 39.4 Å². The van der Waals surface area contributed by atoms with Crippen molar-refractivity contribution in [2.45, 2.75) is 38.5 Å². The molecule has 270 valence electrons. The van der Waals surface area contributed by atoms with E-state index in [1.807, 2.05) is 96.8 Å². The number of hydrogen-bond acceptors (Lipinski definition) is 10. The molecule has 0 saturated carbocycles. The molecule has 1 aromatic heterocycles. The molecular formula is C39H39N3O8S2. The van der Waals surface area contributed by atoms with Gasteiger partial charge in [-0.1, -0.05) is 86.1 Å². The van der Waals surface area contributed by atoms with Gasteiger partial charge in [0.2, 0.25) is 17.3 Å². The molecule has 13 heteroatoms. The Kier molecular flexibility index (Phi) is 10.3. The first kappa shape index (κ1) is 35.6. The molecule has 1 saturated heterocycles. The maximum Gasteiger partial charge on any atom is 0.375 e. The molecule has 0 atom stereocenters. The standard InChI is InChI=1S/C39H39N3O8S2/c1-2-29(25-39-42(28-51(43,44)45)35-27-33(17-19-37(35)49-39)31-14-8-4-9-15-31)24-38-41(22-23-52(46,47)50-40-20-10-5-11-21-40)34-26-32(16-18-36(34)48-38)30-12-6-3-7-13-30/h3-4,6-9,12-19,24-27H,2,5,10-11,20-23,28H2,1H3. The maximum absolute atomic E-state index is 13.2. The quantitative estimate of drug-likeness (QED) is 0.0989. The Labute approximate surface area is 303 Å². The monoisotopic (exact) mass is 741 g/mol. The fourth-order valence-electron chi connectivity index (χ4n) is 6.46. The number of allylic oxidation sites excluding steroid dienone is 2. The fourth-order valence-corrected chi connectivity index (χ4v) is 8.00. The van der Waals surface area contributed by atoms with Gasteiger partial charge in [-0.25, -0.2) is 8.42 Å². The molecule has 7 rings (SSSR count). The Morgan fingerprint density at radius 2 is 1.50 bits per heavy atom. The molecule has 52 heavy (non-hydrogen) atoms. The van der Waals surface area contributed by atoms with E-state index in [2.05, 4.69) is 0 Å². The Hall–Kier alpha value is -4.79. The number of oxazole rings is 1. The van der Waals surface area contributed by atoms with E-state index in [1.54, 1.807) is 24.3 Å². The van der Waals surface area contributed by atoms with E-state index in [0.717, 1.165) is 41.5 Å². The third-order valence-corrected chi connectivity index (χ3v) is 10.8. The summed E-state index contributed by atoms with van der Waals surface area (Å²) in [7, 11) is -8.62. The molecule has 2 aliphatic heterocycles. The highest BCUT2D eigenvalue weighted by Crippen LogP contribution is 2.42. The van der Waals surface area contributed by atoms with Gasteiger partial charge in [-0.05, 0) is 65.3 Å². The number of fused-ring (bicyclic) bond motifs is 2. The van der Waals surface area contributed by atoms with Gasteiger partial charge in [-0.15, -0.1) is 4.57 Å². The number of benzene rings is 4. The van der Waals surface area contributed by atoms with Crippen LogP contribution in [0.5, 0.6) is 5.75 Å². The Morgan fingerprint density at radius 3 is 2.15 bits per heavy atom. The van der Waals surface area contributed by atoms with Gasteiger partial charge in [0.25, 0.3) is 15.6 Å². The Morgan fingerprint density at radius 1 is 0.846 bits per heavy atom. The number of hydroxylamine groups is 2. The summed E-state index contributed by atoms with van der Waals surface area (Å²) in [6.45, 7) is 3.10. The highest BCUT2D eigenvalue weighted by Gasteiger charge is 2.31. The SMILES string of the molecule is CCC(=C/c1oc2ccc(-c3ccccc3)cc2[n+]1CS(=O)(=O)[O-])/C=C1\Oc2ccc(-c3ccccc3)cc2N1CCS(=O)(=O)ON1CCCCC1. The van der Waals surface area contributed by atoms with Gasteiger partial charge in [-0.2, -0.15) is 17.8 Å². The van der Waals surface area contributed by atoms with Crippen LogP contribution in [0.15, 0.2) is 119 Å². The van der Waals surface area contributed by atoms with Crippen molar-refractivity contribution in [3.63, 3.8) is 0 Å². The van der Waals surface area contributed by atoms with E-state index in [-0.39, 0.29) is 18.2 Å². The first-order chi connectivity index (χ1) is 25.0. The van der Waals surface area contributed by atoms with Gasteiger partial charge < -0.3 is 18.6 Å². The molecule has 0 aliphatic carbocycles. The zero-order valence-electron chi connectivity index (χ0n) is 28.7. The molecule has 0 amide bonds. The predicted octanol–water partition coefficient (Wildman–Crippen LogP) is 6.84. The second-order valence-corrected chi connectivity index (χ2v) is 15.8. The van der Waals surface area contributed by atoms with Gasteiger partial charge in [-0.3, -0.25) is 0 Å². The number of rotatable bonds is 12. The summed E-state index contributed by atoms with van der Waals surface area (Å²) in [5, 5.41) is 1.52. The van der Waals surface area contributed by atoms with Crippen molar-refractivity contribution in [1.82, 2.24) is 5.06 Å². The van der Waals surface area contributed by atoms with Crippen LogP contribution in [-0.4, -0.2) is 51.8 Å². The Bertz CT molecular complexity index is 2350. The fraction of sp³-hybridized carbons (Fsp3) is 0.256. The van der Waals surface area contributed by atoms with E-state index < -0.39 is 26.1 Å². The molecule has 3 heterocycles. The molecule has 1 fully saturated rings. The third kappa shape index (κ3) is 8.30. The summed E-state index contributed by atoms with van der Waals surface area (Å²) in [5.41, 5.74) is 5.94. The van der Waals surface area contributed by atoms with E-state index in [1.165, 1.54) is 9.63 Å². The molecular weight excluding hydrogens is 703 g/mol. The largest absolute Gasteiger partial charge is 0.743 e. The number of aromatic nitrogens is 1. The summed E-state index contributed by atoms with van der Waals surface area (Å²) >= 11 is 0. The predicted molar refractivity (Wildman–Crippen MR) is 198 cm³/mol. The van der Waals surface area contributed by atoms with Crippen LogP contribution in [0, 0.1) is 0 Å². The summed E-state index contributed by atoms with van der Waals surface area (Å²) in [6, 6.07) is 30.7. The summed E-state index contributed by atoms with van der Waals surface area (Å²) in [5.74, 6) is -0.0197. The number of hydrogen-bond donors (Lipinski definition) is 0. The topological polar surface area (TPSA) is 133 Å². The third-order valence-electron chi connectivity index (χ3n) is 9.09. The molecule has 0 radical (unpaired) electrons. The first-order valence-corrected chi connectivity index (χ1v) is 20.4. The first-order valence-electron chi connectivity index (χ1n) is 17.2. The van der Waals surface area contributed by atoms with Crippen molar-refractivity contribution in [2.75, 3.05) is 30.3 Å². The number of ether oxygens (including phenoxy) is 1. The minimum absolute atomic E-state index is 0.0472.